The lowest BCUT2D eigenvalue weighted by Gasteiger charge is -2.09. The van der Waals surface area contributed by atoms with Crippen molar-refractivity contribution in [3.8, 4) is 11.3 Å². The van der Waals surface area contributed by atoms with Gasteiger partial charge in [-0.3, -0.25) is 9.78 Å². The fourth-order valence-corrected chi connectivity index (χ4v) is 2.84. The number of hydrogen-bond acceptors (Lipinski definition) is 4. The lowest BCUT2D eigenvalue weighted by molar-refractivity contribution is 0.102. The third-order valence-electron chi connectivity index (χ3n) is 3.99. The van der Waals surface area contributed by atoms with Gasteiger partial charge in [0.25, 0.3) is 5.91 Å². The van der Waals surface area contributed by atoms with Crippen molar-refractivity contribution in [2.45, 2.75) is 6.92 Å². The number of hydrogen-bond donors (Lipinski definition) is 1. The maximum Gasteiger partial charge on any atom is 0.278 e. The summed E-state index contributed by atoms with van der Waals surface area (Å²) in [6.45, 7) is 1.85. The summed E-state index contributed by atoms with van der Waals surface area (Å²) in [5.74, 6) is -0.869. The molecule has 6 heteroatoms. The topological polar surface area (TPSA) is 68.0 Å². The predicted octanol–water partition coefficient (Wildman–Crippen LogP) is 4.59. The smallest absolute Gasteiger partial charge is 0.278 e. The first-order valence-electron chi connectivity index (χ1n) is 7.99. The largest absolute Gasteiger partial charge is 0.443 e. The minimum absolute atomic E-state index is 0.0219. The van der Waals surface area contributed by atoms with Gasteiger partial charge in [0.1, 0.15) is 5.82 Å². The lowest BCUT2D eigenvalue weighted by atomic mass is 10.1. The molecule has 5 nitrogen and oxygen atoms in total. The molecule has 0 aliphatic heterocycles. The zero-order valence-electron chi connectivity index (χ0n) is 13.9. The van der Waals surface area contributed by atoms with E-state index in [4.69, 9.17) is 4.42 Å². The van der Waals surface area contributed by atoms with Crippen LogP contribution in [0.1, 0.15) is 16.2 Å². The Balaban J connectivity index is 1.73. The fourth-order valence-electron chi connectivity index (χ4n) is 2.84. The highest BCUT2D eigenvalue weighted by atomic mass is 19.1. The molecule has 0 fully saturated rings. The second kappa shape index (κ2) is 6.40. The van der Waals surface area contributed by atoms with E-state index in [1.807, 2.05) is 31.2 Å². The van der Waals surface area contributed by atoms with Gasteiger partial charge in [0, 0.05) is 11.1 Å². The van der Waals surface area contributed by atoms with Crippen LogP contribution in [0, 0.1) is 12.7 Å². The fraction of sp³-hybridized carbons (Fsp3) is 0.0500. The van der Waals surface area contributed by atoms with Gasteiger partial charge in [-0.05, 0) is 31.2 Å². The second-order valence-electron chi connectivity index (χ2n) is 5.79. The van der Waals surface area contributed by atoms with E-state index in [2.05, 4.69) is 15.3 Å². The molecule has 0 spiro atoms. The van der Waals surface area contributed by atoms with Gasteiger partial charge in [0.2, 0.25) is 0 Å². The SMILES string of the molecule is Cc1cc(NC(=O)c2ncoc2-c2ccccc2F)c2ccccc2n1. The Labute approximate surface area is 148 Å². The van der Waals surface area contributed by atoms with Crippen LogP contribution in [0.15, 0.2) is 65.4 Å². The van der Waals surface area contributed by atoms with E-state index in [9.17, 15) is 9.18 Å². The number of oxazole rings is 1. The highest BCUT2D eigenvalue weighted by molar-refractivity contribution is 6.10. The molecule has 2 aromatic carbocycles. The normalized spacial score (nSPS) is 10.8. The molecule has 0 aliphatic rings. The quantitative estimate of drug-likeness (QED) is 0.588. The summed E-state index contributed by atoms with van der Waals surface area (Å²) in [5, 5.41) is 3.64. The van der Waals surface area contributed by atoms with Crippen molar-refractivity contribution in [3.63, 3.8) is 0 Å². The number of nitrogens with one attached hydrogen (secondary N) is 1. The zero-order chi connectivity index (χ0) is 18.1. The summed E-state index contributed by atoms with van der Waals surface area (Å²) < 4.78 is 19.3. The van der Waals surface area contributed by atoms with Gasteiger partial charge in [0.05, 0.1) is 16.8 Å². The predicted molar refractivity (Wildman–Crippen MR) is 96.3 cm³/mol. The molecule has 1 amide bonds. The Morgan fingerprint density at radius 1 is 1.12 bits per heavy atom. The number of fused-ring (bicyclic) bond motifs is 1. The van der Waals surface area contributed by atoms with Crippen molar-refractivity contribution in [1.29, 1.82) is 0 Å². The number of para-hydroxylation sites is 1. The molecule has 128 valence electrons. The number of benzene rings is 2. The monoisotopic (exact) mass is 347 g/mol. The number of rotatable bonds is 3. The van der Waals surface area contributed by atoms with Gasteiger partial charge in [0.15, 0.2) is 17.8 Å². The van der Waals surface area contributed by atoms with E-state index in [1.165, 1.54) is 6.07 Å². The molecule has 4 rings (SSSR count). The Hall–Kier alpha value is -3.54. The molecule has 0 radical (unpaired) electrons. The van der Waals surface area contributed by atoms with Crippen molar-refractivity contribution in [2.75, 3.05) is 5.32 Å². The number of nitrogens with zero attached hydrogens (tertiary/aromatic N) is 2. The first-order chi connectivity index (χ1) is 12.6. The Kier molecular flexibility index (Phi) is 3.93. The van der Waals surface area contributed by atoms with E-state index in [-0.39, 0.29) is 17.0 Å². The molecular weight excluding hydrogens is 333 g/mol. The van der Waals surface area contributed by atoms with Crippen LogP contribution >= 0.6 is 0 Å². The van der Waals surface area contributed by atoms with Crippen LogP contribution in [0.2, 0.25) is 0 Å². The number of anilines is 1. The van der Waals surface area contributed by atoms with E-state index in [1.54, 1.807) is 24.3 Å². The number of aromatic nitrogens is 2. The molecule has 0 bridgehead atoms. The number of carbonyl (C=O) groups is 1. The van der Waals surface area contributed by atoms with Crippen molar-refractivity contribution < 1.29 is 13.6 Å². The maximum absolute atomic E-state index is 14.1. The number of carbonyl (C=O) groups excluding carboxylic acids is 1. The van der Waals surface area contributed by atoms with Crippen LogP contribution in [-0.2, 0) is 0 Å². The zero-order valence-corrected chi connectivity index (χ0v) is 13.9. The van der Waals surface area contributed by atoms with E-state index < -0.39 is 11.7 Å². The van der Waals surface area contributed by atoms with Gasteiger partial charge in [-0.2, -0.15) is 0 Å². The minimum Gasteiger partial charge on any atom is -0.443 e. The van der Waals surface area contributed by atoms with Gasteiger partial charge in [-0.15, -0.1) is 0 Å². The standard InChI is InChI=1S/C20H14FN3O2/c1-12-10-17(14-7-3-5-9-16(14)23-12)24-20(25)18-19(26-11-22-18)13-6-2-4-8-15(13)21/h2-11H,1H3,(H,23,24,25). The van der Waals surface area contributed by atoms with Gasteiger partial charge < -0.3 is 9.73 Å². The van der Waals surface area contributed by atoms with Crippen LogP contribution in [0.3, 0.4) is 0 Å². The Morgan fingerprint density at radius 2 is 1.88 bits per heavy atom. The minimum atomic E-state index is -0.483. The summed E-state index contributed by atoms with van der Waals surface area (Å²) in [5.41, 5.74) is 2.37. The molecular formula is C20H14FN3O2. The van der Waals surface area contributed by atoms with Crippen LogP contribution in [0.5, 0.6) is 0 Å². The van der Waals surface area contributed by atoms with Crippen molar-refractivity contribution >= 4 is 22.5 Å². The first kappa shape index (κ1) is 16.0. The second-order valence-corrected chi connectivity index (χ2v) is 5.79. The molecule has 26 heavy (non-hydrogen) atoms. The van der Waals surface area contributed by atoms with Crippen molar-refractivity contribution in [3.05, 3.63) is 78.2 Å². The van der Waals surface area contributed by atoms with Gasteiger partial charge >= 0.3 is 0 Å². The van der Waals surface area contributed by atoms with Gasteiger partial charge in [-0.25, -0.2) is 9.37 Å². The average molecular weight is 347 g/mol. The highest BCUT2D eigenvalue weighted by Crippen LogP contribution is 2.28. The first-order valence-corrected chi connectivity index (χ1v) is 7.99. The molecule has 0 unspecified atom stereocenters. The summed E-state index contributed by atoms with van der Waals surface area (Å²) in [6.07, 6.45) is 1.13. The maximum atomic E-state index is 14.1. The highest BCUT2D eigenvalue weighted by Gasteiger charge is 2.21. The average Bonchev–Trinajstić information content (AvgIpc) is 3.11. The Bertz CT molecular complexity index is 1120. The van der Waals surface area contributed by atoms with E-state index in [0.717, 1.165) is 23.0 Å². The molecule has 0 saturated heterocycles. The van der Waals surface area contributed by atoms with E-state index >= 15 is 0 Å². The third kappa shape index (κ3) is 2.82. The van der Waals surface area contributed by atoms with Crippen molar-refractivity contribution in [2.24, 2.45) is 0 Å². The summed E-state index contributed by atoms with van der Waals surface area (Å²) in [6, 6.07) is 15.4. The number of pyridine rings is 1. The van der Waals surface area contributed by atoms with Crippen LogP contribution in [0.4, 0.5) is 10.1 Å². The molecule has 2 heterocycles. The molecule has 2 aromatic heterocycles. The van der Waals surface area contributed by atoms with Crippen LogP contribution in [-0.4, -0.2) is 15.9 Å². The van der Waals surface area contributed by atoms with Crippen LogP contribution in [0.25, 0.3) is 22.2 Å². The molecule has 1 N–H and O–H groups in total. The third-order valence-corrected chi connectivity index (χ3v) is 3.99. The van der Waals surface area contributed by atoms with Crippen LogP contribution < -0.4 is 5.32 Å². The summed E-state index contributed by atoms with van der Waals surface area (Å²) in [4.78, 5) is 21.2. The molecule has 0 aliphatic carbocycles. The molecule has 4 aromatic rings. The Morgan fingerprint density at radius 3 is 2.73 bits per heavy atom. The lowest BCUT2D eigenvalue weighted by Crippen LogP contribution is -2.14. The number of halogens is 1. The van der Waals surface area contributed by atoms with Crippen molar-refractivity contribution in [1.82, 2.24) is 9.97 Å². The number of amides is 1. The molecule has 0 saturated carbocycles. The van der Waals surface area contributed by atoms with Gasteiger partial charge in [-0.1, -0.05) is 30.3 Å². The summed E-state index contributed by atoms with van der Waals surface area (Å²) >= 11 is 0. The molecule has 0 atom stereocenters. The summed E-state index contributed by atoms with van der Waals surface area (Å²) in [7, 11) is 0. The van der Waals surface area contributed by atoms with E-state index in [0.29, 0.717) is 5.69 Å². The number of aryl methyl sites for hydroxylation is 1.